The summed E-state index contributed by atoms with van der Waals surface area (Å²) in [5.74, 6) is 1.84. The maximum absolute atomic E-state index is 5.22. The molecule has 0 aliphatic heterocycles. The zero-order valence-electron chi connectivity index (χ0n) is 26.4. The van der Waals surface area contributed by atoms with Crippen LogP contribution >= 0.6 is 0 Å². The molecule has 5 nitrogen and oxygen atoms in total. The summed E-state index contributed by atoms with van der Waals surface area (Å²) < 4.78 is 0. The molecule has 0 spiro atoms. The van der Waals surface area contributed by atoms with Gasteiger partial charge in [-0.25, -0.2) is 15.0 Å². The molecule has 0 bridgehead atoms. The average molecular weight is 606 g/mol. The minimum atomic E-state index is 0.589. The number of benzene rings is 5. The highest BCUT2D eigenvalue weighted by Gasteiger charge is 2.18. The highest BCUT2D eigenvalue weighted by Crippen LogP contribution is 2.36. The molecule has 224 valence electrons. The van der Waals surface area contributed by atoms with Crippen LogP contribution in [0.3, 0.4) is 0 Å². The van der Waals surface area contributed by atoms with Crippen LogP contribution in [0.4, 0.5) is 0 Å². The van der Waals surface area contributed by atoms with Crippen molar-refractivity contribution in [3.63, 3.8) is 0 Å². The predicted octanol–water partition coefficient (Wildman–Crippen LogP) is 10.2. The second-order valence-corrected chi connectivity index (χ2v) is 12.0. The molecule has 8 rings (SSSR count). The van der Waals surface area contributed by atoms with Crippen LogP contribution in [0, 0.1) is 20.8 Å². The number of rotatable bonds is 5. The number of aryl methyl sites for hydroxylation is 3. The quantitative estimate of drug-likeness (QED) is 0.183. The zero-order valence-corrected chi connectivity index (χ0v) is 26.4. The third-order valence-electron chi connectivity index (χ3n) is 8.51. The number of nitrogens with zero attached hydrogens (tertiary/aromatic N) is 5. The Kier molecular flexibility index (Phi) is 7.07. The SMILES string of the molecule is Cc1ccc(-c2nc(-c3cc(-c4cccc(C)n4)cc(-c4cccc(C)n4)c3)nc(-c3cc4ccccc4c4ccccc34)n2)cc1. The van der Waals surface area contributed by atoms with Crippen molar-refractivity contribution in [2.45, 2.75) is 20.8 Å². The van der Waals surface area contributed by atoms with Gasteiger partial charge < -0.3 is 0 Å². The van der Waals surface area contributed by atoms with Gasteiger partial charge in [-0.15, -0.1) is 0 Å². The monoisotopic (exact) mass is 605 g/mol. The van der Waals surface area contributed by atoms with Crippen molar-refractivity contribution in [2.75, 3.05) is 0 Å². The molecule has 0 saturated heterocycles. The summed E-state index contributed by atoms with van der Waals surface area (Å²) in [5.41, 5.74) is 9.56. The number of hydrogen-bond acceptors (Lipinski definition) is 5. The van der Waals surface area contributed by atoms with Gasteiger partial charge in [-0.2, -0.15) is 0 Å². The summed E-state index contributed by atoms with van der Waals surface area (Å²) >= 11 is 0. The van der Waals surface area contributed by atoms with E-state index in [1.54, 1.807) is 0 Å². The summed E-state index contributed by atoms with van der Waals surface area (Å²) in [4.78, 5) is 25.2. The van der Waals surface area contributed by atoms with E-state index in [-0.39, 0.29) is 0 Å². The normalized spacial score (nSPS) is 11.3. The Balaban J connectivity index is 1.41. The molecular formula is C42H31N5. The second-order valence-electron chi connectivity index (χ2n) is 12.0. The first-order valence-electron chi connectivity index (χ1n) is 15.8. The Hall–Kier alpha value is -6.07. The molecule has 0 N–H and O–H groups in total. The average Bonchev–Trinajstić information content (AvgIpc) is 3.11. The summed E-state index contributed by atoms with van der Waals surface area (Å²) in [7, 11) is 0. The van der Waals surface area contributed by atoms with Gasteiger partial charge in [0.1, 0.15) is 0 Å². The van der Waals surface area contributed by atoms with Crippen LogP contribution in [0.15, 0.2) is 133 Å². The lowest BCUT2D eigenvalue weighted by Gasteiger charge is -2.14. The van der Waals surface area contributed by atoms with Gasteiger partial charge in [0, 0.05) is 39.2 Å². The van der Waals surface area contributed by atoms with Crippen molar-refractivity contribution in [1.29, 1.82) is 0 Å². The Morgan fingerprint density at radius 2 is 0.894 bits per heavy atom. The Morgan fingerprint density at radius 3 is 1.53 bits per heavy atom. The fourth-order valence-corrected chi connectivity index (χ4v) is 6.16. The molecule has 3 heterocycles. The van der Waals surface area contributed by atoms with E-state index in [2.05, 4.69) is 104 Å². The van der Waals surface area contributed by atoms with Crippen LogP contribution < -0.4 is 0 Å². The largest absolute Gasteiger partial charge is 0.253 e. The van der Waals surface area contributed by atoms with Crippen molar-refractivity contribution >= 4 is 21.5 Å². The van der Waals surface area contributed by atoms with Crippen molar-refractivity contribution in [3.05, 3.63) is 150 Å². The molecular weight excluding hydrogens is 574 g/mol. The Labute approximate surface area is 273 Å². The standard InChI is InChI=1S/C42H31N5/c1-26-18-20-29(21-19-26)40-45-41(47-42(46-40)37-25-30-12-4-5-13-34(30)35-14-6-7-15-36(35)37)33-23-31(38-16-8-10-27(2)43-38)22-32(24-33)39-17-9-11-28(3)44-39/h4-25H,1-3H3. The molecule has 0 aliphatic rings. The van der Waals surface area contributed by atoms with Gasteiger partial charge in [-0.05, 0) is 90.8 Å². The Bertz CT molecular complexity index is 2380. The summed E-state index contributed by atoms with van der Waals surface area (Å²) in [5, 5.41) is 4.61. The van der Waals surface area contributed by atoms with Gasteiger partial charge in [-0.3, -0.25) is 9.97 Å². The fraction of sp³-hybridized carbons (Fsp3) is 0.0714. The third kappa shape index (κ3) is 5.53. The molecule has 8 aromatic rings. The van der Waals surface area contributed by atoms with E-state index >= 15 is 0 Å². The first-order chi connectivity index (χ1) is 23.0. The van der Waals surface area contributed by atoms with Gasteiger partial charge in [0.2, 0.25) is 0 Å². The fourth-order valence-electron chi connectivity index (χ4n) is 6.16. The molecule has 0 unspecified atom stereocenters. The van der Waals surface area contributed by atoms with Crippen LogP contribution in [-0.4, -0.2) is 24.9 Å². The smallest absolute Gasteiger partial charge is 0.164 e. The van der Waals surface area contributed by atoms with Crippen molar-refractivity contribution in [1.82, 2.24) is 24.9 Å². The van der Waals surface area contributed by atoms with Gasteiger partial charge in [-0.1, -0.05) is 90.5 Å². The second kappa shape index (κ2) is 11.7. The molecule has 0 aliphatic carbocycles. The van der Waals surface area contributed by atoms with E-state index in [0.717, 1.165) is 61.4 Å². The molecule has 5 heteroatoms. The maximum Gasteiger partial charge on any atom is 0.164 e. The topological polar surface area (TPSA) is 64.5 Å². The van der Waals surface area contributed by atoms with E-state index < -0.39 is 0 Å². The minimum Gasteiger partial charge on any atom is -0.253 e. The van der Waals surface area contributed by atoms with Gasteiger partial charge in [0.25, 0.3) is 0 Å². The molecule has 0 fully saturated rings. The van der Waals surface area contributed by atoms with Crippen LogP contribution in [-0.2, 0) is 0 Å². The van der Waals surface area contributed by atoms with Crippen molar-refractivity contribution < 1.29 is 0 Å². The molecule has 5 aromatic carbocycles. The van der Waals surface area contributed by atoms with Crippen LogP contribution in [0.25, 0.3) is 78.2 Å². The Morgan fingerprint density at radius 1 is 0.362 bits per heavy atom. The first kappa shape index (κ1) is 28.4. The highest BCUT2D eigenvalue weighted by molar-refractivity contribution is 6.13. The molecule has 3 aromatic heterocycles. The molecule has 0 atom stereocenters. The molecule has 0 saturated carbocycles. The summed E-state index contributed by atoms with van der Waals surface area (Å²) in [6.45, 7) is 6.10. The lowest BCUT2D eigenvalue weighted by atomic mass is 9.96. The van der Waals surface area contributed by atoms with Crippen molar-refractivity contribution in [3.8, 4) is 56.7 Å². The third-order valence-corrected chi connectivity index (χ3v) is 8.51. The maximum atomic E-state index is 5.22. The van der Waals surface area contributed by atoms with Crippen LogP contribution in [0.1, 0.15) is 17.0 Å². The lowest BCUT2D eigenvalue weighted by molar-refractivity contribution is 1.08. The predicted molar refractivity (Wildman–Crippen MR) is 192 cm³/mol. The van der Waals surface area contributed by atoms with Crippen LogP contribution in [0.5, 0.6) is 0 Å². The number of aromatic nitrogens is 5. The van der Waals surface area contributed by atoms with Gasteiger partial charge >= 0.3 is 0 Å². The van der Waals surface area contributed by atoms with Crippen LogP contribution in [0.2, 0.25) is 0 Å². The molecule has 0 amide bonds. The highest BCUT2D eigenvalue weighted by atomic mass is 15.0. The zero-order chi connectivity index (χ0) is 31.9. The molecule has 47 heavy (non-hydrogen) atoms. The van der Waals surface area contributed by atoms with E-state index in [1.807, 2.05) is 50.2 Å². The summed E-state index contributed by atoms with van der Waals surface area (Å²) in [6.07, 6.45) is 0. The number of pyridine rings is 2. The van der Waals surface area contributed by atoms with E-state index in [0.29, 0.717) is 17.5 Å². The number of fused-ring (bicyclic) bond motifs is 3. The first-order valence-corrected chi connectivity index (χ1v) is 15.8. The van der Waals surface area contributed by atoms with Gasteiger partial charge in [0.15, 0.2) is 17.5 Å². The number of hydrogen-bond donors (Lipinski definition) is 0. The van der Waals surface area contributed by atoms with E-state index in [9.17, 15) is 0 Å². The summed E-state index contributed by atoms with van der Waals surface area (Å²) in [6, 6.07) is 46.1. The minimum absolute atomic E-state index is 0.589. The van der Waals surface area contributed by atoms with E-state index in [4.69, 9.17) is 24.9 Å². The van der Waals surface area contributed by atoms with Crippen molar-refractivity contribution in [2.24, 2.45) is 0 Å². The van der Waals surface area contributed by atoms with E-state index in [1.165, 1.54) is 16.3 Å². The van der Waals surface area contributed by atoms with Gasteiger partial charge in [0.05, 0.1) is 11.4 Å². The lowest BCUT2D eigenvalue weighted by Crippen LogP contribution is -2.01. The molecule has 0 radical (unpaired) electrons.